The zero-order valence-electron chi connectivity index (χ0n) is 40.6. The van der Waals surface area contributed by atoms with Gasteiger partial charge in [-0.05, 0) is 156 Å². The third-order valence-corrected chi connectivity index (χ3v) is 18.3. The molecule has 6 aromatic rings. The molecule has 4 aliphatic heterocycles. The lowest BCUT2D eigenvalue weighted by atomic mass is 9.59. The number of nitrogens with zero attached hydrogens (tertiary/aromatic N) is 3. The molecule has 3 nitrogen and oxygen atoms in total. The van der Waals surface area contributed by atoms with Gasteiger partial charge in [0.1, 0.15) is 0 Å². The van der Waals surface area contributed by atoms with Gasteiger partial charge in [-0.25, -0.2) is 0 Å². The molecule has 3 heteroatoms. The molecule has 0 spiro atoms. The van der Waals surface area contributed by atoms with Crippen LogP contribution in [0.15, 0.2) is 109 Å². The van der Waals surface area contributed by atoms with Gasteiger partial charge in [0.25, 0.3) is 0 Å². The van der Waals surface area contributed by atoms with Crippen LogP contribution in [0.2, 0.25) is 0 Å². The average Bonchev–Trinajstić information content (AvgIpc) is 3.61. The number of rotatable bonds is 2. The van der Waals surface area contributed by atoms with Gasteiger partial charge in [0.15, 0.2) is 0 Å². The van der Waals surface area contributed by atoms with E-state index in [1.165, 1.54) is 121 Å². The van der Waals surface area contributed by atoms with Crippen LogP contribution < -0.4 is 14.7 Å². The van der Waals surface area contributed by atoms with E-state index in [9.17, 15) is 0 Å². The summed E-state index contributed by atoms with van der Waals surface area (Å²) in [4.78, 5) is 8.46. The van der Waals surface area contributed by atoms with Crippen molar-refractivity contribution in [3.63, 3.8) is 0 Å². The Bertz CT molecular complexity index is 2990. The van der Waals surface area contributed by atoms with Crippen molar-refractivity contribution >= 4 is 39.8 Å². The second kappa shape index (κ2) is 12.7. The van der Waals surface area contributed by atoms with Crippen LogP contribution in [-0.2, 0) is 33.6 Å². The highest BCUT2D eigenvalue weighted by Crippen LogP contribution is 2.71. The molecule has 1 saturated carbocycles. The first-order chi connectivity index (χ1) is 30.3. The van der Waals surface area contributed by atoms with E-state index in [0.29, 0.717) is 0 Å². The van der Waals surface area contributed by atoms with E-state index in [1.54, 1.807) is 5.56 Å². The molecule has 0 saturated heterocycles. The van der Waals surface area contributed by atoms with E-state index in [-0.39, 0.29) is 38.7 Å². The Morgan fingerprint density at radius 2 is 1.22 bits per heavy atom. The van der Waals surface area contributed by atoms with Crippen molar-refractivity contribution in [2.24, 2.45) is 0 Å². The second-order valence-corrected chi connectivity index (χ2v) is 23.7. The largest absolute Gasteiger partial charge is 0.334 e. The lowest BCUT2D eigenvalue weighted by Crippen LogP contribution is -2.55. The third-order valence-electron chi connectivity index (χ3n) is 18.3. The molecule has 12 rings (SSSR count). The Morgan fingerprint density at radius 1 is 0.531 bits per heavy atom. The van der Waals surface area contributed by atoms with Crippen molar-refractivity contribution in [2.75, 3.05) is 14.7 Å². The summed E-state index contributed by atoms with van der Waals surface area (Å²) in [5.41, 5.74) is 25.0. The predicted molar refractivity (Wildman–Crippen MR) is 270 cm³/mol. The van der Waals surface area contributed by atoms with Gasteiger partial charge >= 0.3 is 0 Å². The maximum absolute atomic E-state index is 2.95. The SMILES string of the molecule is Cc1cc(C)c2c3c1C1c4ccc(C(C)(C)C)cc4N(c4cccc(C(C)(C)C)c4)c4cc(N5c6ccccc6C6(C)CCc7ccccc7C56C)cc(c41)N3C1(C)CCCCC21C. The fourth-order valence-electron chi connectivity index (χ4n) is 14.7. The van der Waals surface area contributed by atoms with Gasteiger partial charge < -0.3 is 14.7 Å². The normalized spacial score (nSPS) is 27.0. The van der Waals surface area contributed by atoms with Crippen LogP contribution in [0.1, 0.15) is 168 Å². The maximum atomic E-state index is 2.95. The van der Waals surface area contributed by atoms with Crippen molar-refractivity contribution in [1.82, 2.24) is 0 Å². The highest BCUT2D eigenvalue weighted by Gasteiger charge is 2.63. The smallest absolute Gasteiger partial charge is 0.0771 e. The summed E-state index contributed by atoms with van der Waals surface area (Å²) >= 11 is 0. The van der Waals surface area contributed by atoms with Crippen LogP contribution in [-0.4, -0.2) is 5.54 Å². The van der Waals surface area contributed by atoms with Crippen molar-refractivity contribution < 1.29 is 0 Å². The molecule has 326 valence electrons. The Morgan fingerprint density at radius 3 is 1.98 bits per heavy atom. The molecule has 4 heterocycles. The summed E-state index contributed by atoms with van der Waals surface area (Å²) in [6.07, 6.45) is 7.13. The average molecular weight is 842 g/mol. The van der Waals surface area contributed by atoms with Gasteiger partial charge in [0.2, 0.25) is 0 Å². The van der Waals surface area contributed by atoms with E-state index < -0.39 is 0 Å². The highest BCUT2D eigenvalue weighted by atomic mass is 15.3. The molecule has 6 aromatic carbocycles. The molecular weight excluding hydrogens is 775 g/mol. The third kappa shape index (κ3) is 4.84. The second-order valence-electron chi connectivity index (χ2n) is 23.7. The minimum Gasteiger partial charge on any atom is -0.334 e. The fraction of sp³-hybridized carbons (Fsp3) is 0.410. The number of anilines is 7. The number of para-hydroxylation sites is 1. The number of fused-ring (bicyclic) bond motifs is 12. The zero-order chi connectivity index (χ0) is 44.7. The summed E-state index contributed by atoms with van der Waals surface area (Å²) in [5, 5.41) is 0. The lowest BCUT2D eigenvalue weighted by Gasteiger charge is -2.54. The van der Waals surface area contributed by atoms with E-state index in [1.807, 2.05) is 0 Å². The first-order valence-corrected chi connectivity index (χ1v) is 24.5. The Balaban J connectivity index is 1.25. The van der Waals surface area contributed by atoms with Gasteiger partial charge in [-0.2, -0.15) is 0 Å². The van der Waals surface area contributed by atoms with Gasteiger partial charge in [-0.1, -0.05) is 141 Å². The lowest BCUT2D eigenvalue weighted by molar-refractivity contribution is 0.194. The maximum Gasteiger partial charge on any atom is 0.0771 e. The summed E-state index contributed by atoms with van der Waals surface area (Å²) < 4.78 is 0. The van der Waals surface area contributed by atoms with Crippen LogP contribution in [0.25, 0.3) is 0 Å². The molecule has 0 aromatic heterocycles. The quantitative estimate of drug-likeness (QED) is 0.172. The number of aryl methyl sites for hydroxylation is 3. The summed E-state index contributed by atoms with van der Waals surface area (Å²) in [7, 11) is 0. The number of benzene rings is 6. The fourth-order valence-corrected chi connectivity index (χ4v) is 14.7. The molecule has 1 fully saturated rings. The van der Waals surface area contributed by atoms with Gasteiger partial charge in [0.05, 0.1) is 33.8 Å². The van der Waals surface area contributed by atoms with Crippen LogP contribution in [0.3, 0.4) is 0 Å². The Kier molecular flexibility index (Phi) is 8.01. The summed E-state index contributed by atoms with van der Waals surface area (Å²) in [5.74, 6) is 0.102. The van der Waals surface area contributed by atoms with Crippen molar-refractivity contribution in [3.05, 3.63) is 170 Å². The van der Waals surface area contributed by atoms with Crippen LogP contribution in [0.5, 0.6) is 0 Å². The number of hydrogen-bond donors (Lipinski definition) is 0. The molecule has 0 radical (unpaired) electrons. The predicted octanol–water partition coefficient (Wildman–Crippen LogP) is 16.2. The van der Waals surface area contributed by atoms with Crippen LogP contribution in [0, 0.1) is 13.8 Å². The molecule has 5 atom stereocenters. The van der Waals surface area contributed by atoms with Gasteiger partial charge in [-0.3, -0.25) is 0 Å². The molecule has 64 heavy (non-hydrogen) atoms. The Labute approximate surface area is 383 Å². The first-order valence-electron chi connectivity index (χ1n) is 24.5. The summed E-state index contributed by atoms with van der Waals surface area (Å²) in [6, 6.07) is 43.7. The molecule has 0 N–H and O–H groups in total. The standard InChI is InChI=1S/C61H67N3/c1-37-32-38(2)54-55-51(37)52-44-27-26-41(57(6,7)8)34-48(44)62(42-22-19-21-40(33-42)56(3,4)5)49-35-43(36-50(53(49)52)64(55)60(11)30-18-17-29-59(54,60)10)63-47-25-16-15-24-46(47)58(9)31-28-39-20-13-14-23-45(39)61(58,63)12/h13-16,19-27,32-36,52H,17-18,28-31H2,1-12H3. The minimum absolute atomic E-state index is 0.00171. The van der Waals surface area contributed by atoms with Crippen molar-refractivity contribution in [3.8, 4) is 0 Å². The summed E-state index contributed by atoms with van der Waals surface area (Å²) in [6.45, 7) is 29.4. The van der Waals surface area contributed by atoms with E-state index >= 15 is 0 Å². The first kappa shape index (κ1) is 40.2. The van der Waals surface area contributed by atoms with Gasteiger partial charge in [0, 0.05) is 39.4 Å². The van der Waals surface area contributed by atoms with Crippen molar-refractivity contribution in [1.29, 1.82) is 0 Å². The highest BCUT2D eigenvalue weighted by molar-refractivity contribution is 6.00. The molecule has 5 unspecified atom stereocenters. The van der Waals surface area contributed by atoms with Gasteiger partial charge in [-0.15, -0.1) is 0 Å². The van der Waals surface area contributed by atoms with E-state index in [0.717, 1.165) is 12.8 Å². The molecule has 0 amide bonds. The zero-order valence-corrected chi connectivity index (χ0v) is 40.6. The van der Waals surface area contributed by atoms with E-state index in [2.05, 4.69) is 207 Å². The van der Waals surface area contributed by atoms with Crippen LogP contribution >= 0.6 is 0 Å². The topological polar surface area (TPSA) is 9.72 Å². The molecule has 0 bridgehead atoms. The Hall–Kier alpha value is -5.28. The monoisotopic (exact) mass is 842 g/mol. The molecule has 6 aliphatic rings. The number of hydrogen-bond acceptors (Lipinski definition) is 3. The minimum atomic E-state index is -0.311. The van der Waals surface area contributed by atoms with Crippen LogP contribution in [0.4, 0.5) is 39.8 Å². The van der Waals surface area contributed by atoms with Crippen molar-refractivity contribution in [2.45, 2.75) is 160 Å². The van der Waals surface area contributed by atoms with E-state index in [4.69, 9.17) is 0 Å². The molecular formula is C61H67N3. The molecule has 2 aliphatic carbocycles.